The van der Waals surface area contributed by atoms with Gasteiger partial charge in [0.2, 0.25) is 5.91 Å². The third-order valence-electron chi connectivity index (χ3n) is 5.66. The van der Waals surface area contributed by atoms with E-state index in [2.05, 4.69) is 16.4 Å². The Balaban J connectivity index is 1.62. The molecule has 1 aliphatic carbocycles. The Bertz CT molecular complexity index is 1170. The Morgan fingerprint density at radius 2 is 2.06 bits per heavy atom. The van der Waals surface area contributed by atoms with Crippen LogP contribution in [-0.4, -0.2) is 26.2 Å². The predicted molar refractivity (Wildman–Crippen MR) is 119 cm³/mol. The number of nitrogens with zero attached hydrogens (tertiary/aromatic N) is 3. The lowest BCUT2D eigenvalue weighted by Gasteiger charge is -2.32. The summed E-state index contributed by atoms with van der Waals surface area (Å²) in [7, 11) is 0. The molecular weight excluding hydrogens is 412 g/mol. The number of nitriles is 1. The fraction of sp³-hybridized carbons (Fsp3) is 0.391. The summed E-state index contributed by atoms with van der Waals surface area (Å²) in [5.74, 6) is 0.407. The molecule has 7 nitrogen and oxygen atoms in total. The minimum atomic E-state index is -0.797. The summed E-state index contributed by atoms with van der Waals surface area (Å²) in [6.45, 7) is 1.99. The lowest BCUT2D eigenvalue weighted by atomic mass is 9.83. The van der Waals surface area contributed by atoms with Crippen LogP contribution in [0.3, 0.4) is 0 Å². The largest absolute Gasteiger partial charge is 0.467 e. The number of para-hydroxylation sites is 1. The van der Waals surface area contributed by atoms with Crippen molar-refractivity contribution in [2.24, 2.45) is 0 Å². The molecular formula is C23H24N4O3S. The normalized spacial score (nSPS) is 16.5. The Morgan fingerprint density at radius 1 is 1.29 bits per heavy atom. The van der Waals surface area contributed by atoms with Gasteiger partial charge in [0.05, 0.1) is 35.0 Å². The quantitative estimate of drug-likeness (QED) is 0.465. The molecule has 1 N–H and O–H groups in total. The molecule has 1 unspecified atom stereocenters. The van der Waals surface area contributed by atoms with Crippen LogP contribution in [0.15, 0.2) is 57.0 Å². The van der Waals surface area contributed by atoms with Crippen molar-refractivity contribution in [3.8, 4) is 6.07 Å². The summed E-state index contributed by atoms with van der Waals surface area (Å²) in [5, 5.41) is 13.1. The van der Waals surface area contributed by atoms with Crippen molar-refractivity contribution < 1.29 is 9.21 Å². The smallest absolute Gasteiger partial charge is 0.262 e. The summed E-state index contributed by atoms with van der Waals surface area (Å²) in [6, 6.07) is 13.0. The van der Waals surface area contributed by atoms with E-state index >= 15 is 0 Å². The fourth-order valence-corrected chi connectivity index (χ4v) is 4.81. The Hall–Kier alpha value is -3.05. The molecule has 0 spiro atoms. The number of rotatable bonds is 6. The molecule has 4 rings (SSSR count). The van der Waals surface area contributed by atoms with Gasteiger partial charge in [-0.25, -0.2) is 4.98 Å². The lowest BCUT2D eigenvalue weighted by Crippen LogP contribution is -2.51. The van der Waals surface area contributed by atoms with E-state index in [4.69, 9.17) is 4.42 Å². The molecule has 1 aliphatic rings. The first-order valence-corrected chi connectivity index (χ1v) is 11.3. The number of furan rings is 1. The zero-order valence-electron chi connectivity index (χ0n) is 17.3. The standard InChI is InChI=1S/C23H24N4O3S/c1-16(20(28)26-23(15-24)11-5-2-6-12-23)31-22-25-19-10-4-3-9-18(19)21(29)27(22)14-17-8-7-13-30-17/h3-4,7-10,13,16H,2,5-6,11-12,14H2,1H3,(H,26,28). The average molecular weight is 437 g/mol. The Kier molecular flexibility index (Phi) is 6.14. The van der Waals surface area contributed by atoms with E-state index in [-0.39, 0.29) is 18.0 Å². The Labute approximate surface area is 184 Å². The van der Waals surface area contributed by atoms with Gasteiger partial charge in [0.1, 0.15) is 11.3 Å². The third-order valence-corrected chi connectivity index (χ3v) is 6.75. The van der Waals surface area contributed by atoms with Crippen molar-refractivity contribution in [1.82, 2.24) is 14.9 Å². The van der Waals surface area contributed by atoms with E-state index < -0.39 is 10.8 Å². The number of benzene rings is 1. The molecule has 1 saturated carbocycles. The molecule has 160 valence electrons. The highest BCUT2D eigenvalue weighted by Gasteiger charge is 2.35. The molecule has 1 fully saturated rings. The summed E-state index contributed by atoms with van der Waals surface area (Å²) in [4.78, 5) is 30.8. The minimum Gasteiger partial charge on any atom is -0.467 e. The highest BCUT2D eigenvalue weighted by atomic mass is 32.2. The van der Waals surface area contributed by atoms with Crippen LogP contribution in [0.4, 0.5) is 0 Å². The number of thioether (sulfide) groups is 1. The van der Waals surface area contributed by atoms with Crippen LogP contribution in [0, 0.1) is 11.3 Å². The Morgan fingerprint density at radius 3 is 2.77 bits per heavy atom. The zero-order valence-corrected chi connectivity index (χ0v) is 18.2. The van der Waals surface area contributed by atoms with Crippen molar-refractivity contribution in [3.63, 3.8) is 0 Å². The maximum Gasteiger partial charge on any atom is 0.262 e. The first-order chi connectivity index (χ1) is 15.0. The maximum absolute atomic E-state index is 13.2. The van der Waals surface area contributed by atoms with Crippen LogP contribution < -0.4 is 10.9 Å². The van der Waals surface area contributed by atoms with Gasteiger partial charge in [-0.05, 0) is 44.0 Å². The van der Waals surface area contributed by atoms with Gasteiger partial charge in [0, 0.05) is 0 Å². The average Bonchev–Trinajstić information content (AvgIpc) is 3.30. The number of hydrogen-bond donors (Lipinski definition) is 1. The van der Waals surface area contributed by atoms with Crippen LogP contribution in [0.1, 0.15) is 44.8 Å². The van der Waals surface area contributed by atoms with Crippen LogP contribution in [-0.2, 0) is 11.3 Å². The molecule has 0 saturated heterocycles. The van der Waals surface area contributed by atoms with Crippen LogP contribution >= 0.6 is 11.8 Å². The van der Waals surface area contributed by atoms with Gasteiger partial charge in [-0.1, -0.05) is 43.2 Å². The topological polar surface area (TPSA) is 101 Å². The number of carbonyl (C=O) groups excluding carboxylic acids is 1. The zero-order chi connectivity index (χ0) is 21.8. The first-order valence-electron chi connectivity index (χ1n) is 10.4. The van der Waals surface area contributed by atoms with Gasteiger partial charge in [-0.3, -0.25) is 14.2 Å². The van der Waals surface area contributed by atoms with Gasteiger partial charge >= 0.3 is 0 Å². The van der Waals surface area contributed by atoms with Gasteiger partial charge in [0.15, 0.2) is 5.16 Å². The summed E-state index contributed by atoms with van der Waals surface area (Å²) >= 11 is 1.22. The molecule has 2 heterocycles. The van der Waals surface area contributed by atoms with Gasteiger partial charge in [-0.2, -0.15) is 5.26 Å². The fourth-order valence-electron chi connectivity index (χ4n) is 3.90. The van der Waals surface area contributed by atoms with Crippen molar-refractivity contribution in [1.29, 1.82) is 5.26 Å². The second-order valence-corrected chi connectivity index (χ2v) is 9.19. The van der Waals surface area contributed by atoms with Crippen LogP contribution in [0.5, 0.6) is 0 Å². The first kappa shape index (κ1) is 21.2. The molecule has 1 aromatic carbocycles. The molecule has 1 amide bonds. The molecule has 31 heavy (non-hydrogen) atoms. The highest BCUT2D eigenvalue weighted by Crippen LogP contribution is 2.29. The molecule has 2 aromatic heterocycles. The van der Waals surface area contributed by atoms with Crippen LogP contribution in [0.2, 0.25) is 0 Å². The van der Waals surface area contributed by atoms with E-state index in [1.54, 1.807) is 43.5 Å². The maximum atomic E-state index is 13.2. The highest BCUT2D eigenvalue weighted by molar-refractivity contribution is 8.00. The van der Waals surface area contributed by atoms with Crippen molar-refractivity contribution >= 4 is 28.6 Å². The van der Waals surface area contributed by atoms with E-state index in [9.17, 15) is 14.9 Å². The third kappa shape index (κ3) is 4.52. The van der Waals surface area contributed by atoms with Crippen molar-refractivity contribution in [2.75, 3.05) is 0 Å². The molecule has 3 aromatic rings. The van der Waals surface area contributed by atoms with Gasteiger partial charge < -0.3 is 9.73 Å². The number of aromatic nitrogens is 2. The molecule has 8 heteroatoms. The van der Waals surface area contributed by atoms with E-state index in [0.29, 0.717) is 34.7 Å². The number of amides is 1. The number of fused-ring (bicyclic) bond motifs is 1. The van der Waals surface area contributed by atoms with Gasteiger partial charge in [-0.15, -0.1) is 0 Å². The summed E-state index contributed by atoms with van der Waals surface area (Å²) in [6.07, 6.45) is 5.86. The number of carbonyl (C=O) groups is 1. The van der Waals surface area contributed by atoms with Crippen molar-refractivity contribution in [3.05, 3.63) is 58.8 Å². The molecule has 0 bridgehead atoms. The number of nitrogens with one attached hydrogen (secondary N) is 1. The van der Waals surface area contributed by atoms with Crippen molar-refractivity contribution in [2.45, 2.75) is 61.5 Å². The monoisotopic (exact) mass is 436 g/mol. The minimum absolute atomic E-state index is 0.183. The van der Waals surface area contributed by atoms with E-state index in [1.807, 2.05) is 6.07 Å². The van der Waals surface area contributed by atoms with E-state index in [1.165, 1.54) is 16.3 Å². The second kappa shape index (κ2) is 8.98. The van der Waals surface area contributed by atoms with E-state index in [0.717, 1.165) is 19.3 Å². The predicted octanol–water partition coefficient (Wildman–Crippen LogP) is 3.86. The molecule has 0 radical (unpaired) electrons. The summed E-state index contributed by atoms with van der Waals surface area (Å²) < 4.78 is 6.97. The lowest BCUT2D eigenvalue weighted by molar-refractivity contribution is -0.121. The van der Waals surface area contributed by atoms with Gasteiger partial charge in [0.25, 0.3) is 5.56 Å². The SMILES string of the molecule is CC(Sc1nc2ccccc2c(=O)n1Cc1ccco1)C(=O)NC1(C#N)CCCCC1. The second-order valence-electron chi connectivity index (χ2n) is 7.89. The molecule has 1 atom stereocenters. The van der Waals surface area contributed by atoms with Crippen LogP contribution in [0.25, 0.3) is 10.9 Å². The number of hydrogen-bond acceptors (Lipinski definition) is 6. The summed E-state index contributed by atoms with van der Waals surface area (Å²) in [5.41, 5.74) is -0.397. The molecule has 0 aliphatic heterocycles.